The van der Waals surface area contributed by atoms with Gasteiger partial charge in [-0.3, -0.25) is 0 Å². The third kappa shape index (κ3) is 1.42. The maximum atomic E-state index is 5.70. The van der Waals surface area contributed by atoms with Crippen molar-refractivity contribution in [1.82, 2.24) is 0 Å². The van der Waals surface area contributed by atoms with Crippen molar-refractivity contribution in [1.29, 1.82) is 0 Å². The zero-order valence-electron chi connectivity index (χ0n) is 5.50. The quantitative estimate of drug-likeness (QED) is 0.513. The van der Waals surface area contributed by atoms with Crippen molar-refractivity contribution in [2.45, 2.75) is 12.0 Å². The molecule has 0 fully saturated rings. The first-order valence-corrected chi connectivity index (χ1v) is 2.95. The number of allylic oxidation sites excluding steroid dienone is 2. The molecule has 0 aromatic heterocycles. The molecule has 9 heavy (non-hydrogen) atoms. The number of hydrogen-bond acceptors (Lipinski definition) is 1. The minimum atomic E-state index is -0.547. The molecule has 1 aliphatic rings. The average Bonchev–Trinajstić information content (AvgIpc) is 1.90. The first-order chi connectivity index (χ1) is 4.27. The molecular formula is C8H10O. The molecule has 0 amide bonds. The smallest absolute Gasteiger partial charge is 0.0931 e. The van der Waals surface area contributed by atoms with Crippen molar-refractivity contribution in [2.24, 2.45) is 0 Å². The van der Waals surface area contributed by atoms with Crippen molar-refractivity contribution in [3.05, 3.63) is 31.2 Å². The summed E-state index contributed by atoms with van der Waals surface area (Å²) in [4.78, 5) is 0. The van der Waals surface area contributed by atoms with Gasteiger partial charge in [-0.05, 0) is 6.42 Å². The summed E-state index contributed by atoms with van der Waals surface area (Å²) in [5.41, 5.74) is -0.547. The molecule has 0 aliphatic heterocycles. The summed E-state index contributed by atoms with van der Waals surface area (Å²) >= 11 is 0. The molecule has 2 radical (unpaired) electrons. The van der Waals surface area contributed by atoms with E-state index < -0.39 is 5.60 Å². The van der Waals surface area contributed by atoms with Crippen LogP contribution >= 0.6 is 0 Å². The highest BCUT2D eigenvalue weighted by Gasteiger charge is 2.18. The Morgan fingerprint density at radius 1 is 1.56 bits per heavy atom. The molecule has 0 saturated heterocycles. The fourth-order valence-corrected chi connectivity index (χ4v) is 0.769. The monoisotopic (exact) mass is 122 g/mol. The fourth-order valence-electron chi connectivity index (χ4n) is 0.769. The summed E-state index contributed by atoms with van der Waals surface area (Å²) in [7, 11) is 1.61. The summed E-state index contributed by atoms with van der Waals surface area (Å²) in [5.74, 6) is 0. The Morgan fingerprint density at radius 3 is 2.67 bits per heavy atom. The fraction of sp³-hybridized carbons (Fsp3) is 0.375. The van der Waals surface area contributed by atoms with Crippen LogP contribution in [0.1, 0.15) is 6.42 Å². The van der Waals surface area contributed by atoms with Gasteiger partial charge in [-0.2, -0.15) is 0 Å². The lowest BCUT2D eigenvalue weighted by Gasteiger charge is -2.23. The largest absolute Gasteiger partial charge is 0.374 e. The normalized spacial score (nSPS) is 33.1. The topological polar surface area (TPSA) is 9.23 Å². The van der Waals surface area contributed by atoms with Crippen LogP contribution in [-0.2, 0) is 4.74 Å². The Labute approximate surface area is 56.0 Å². The molecule has 1 rings (SSSR count). The molecule has 0 heterocycles. The van der Waals surface area contributed by atoms with E-state index in [4.69, 9.17) is 11.7 Å². The van der Waals surface area contributed by atoms with Crippen molar-refractivity contribution < 1.29 is 4.74 Å². The maximum absolute atomic E-state index is 5.70. The molecule has 1 unspecified atom stereocenters. The van der Waals surface area contributed by atoms with Gasteiger partial charge in [0.1, 0.15) is 0 Å². The van der Waals surface area contributed by atoms with E-state index in [0.29, 0.717) is 0 Å². The van der Waals surface area contributed by atoms with E-state index in [2.05, 4.69) is 0 Å². The van der Waals surface area contributed by atoms with Crippen LogP contribution in [-0.4, -0.2) is 12.7 Å². The summed E-state index contributed by atoms with van der Waals surface area (Å²) in [6, 6.07) is 0. The van der Waals surface area contributed by atoms with Crippen LogP contribution in [0.25, 0.3) is 0 Å². The van der Waals surface area contributed by atoms with Crippen LogP contribution in [0.3, 0.4) is 0 Å². The van der Waals surface area contributed by atoms with Crippen molar-refractivity contribution >= 4 is 0 Å². The zero-order chi connectivity index (χ0) is 6.74. The third-order valence-corrected chi connectivity index (χ3v) is 1.44. The van der Waals surface area contributed by atoms with E-state index in [9.17, 15) is 0 Å². The van der Waals surface area contributed by atoms with Gasteiger partial charge in [0.25, 0.3) is 0 Å². The molecule has 1 aliphatic carbocycles. The molecular weight excluding hydrogens is 112 g/mol. The first kappa shape index (κ1) is 6.56. The van der Waals surface area contributed by atoms with Gasteiger partial charge in [0.15, 0.2) is 0 Å². The third-order valence-electron chi connectivity index (χ3n) is 1.44. The second-order valence-corrected chi connectivity index (χ2v) is 2.15. The highest BCUT2D eigenvalue weighted by Crippen LogP contribution is 2.19. The van der Waals surface area contributed by atoms with Crippen molar-refractivity contribution in [2.75, 3.05) is 7.11 Å². The van der Waals surface area contributed by atoms with Gasteiger partial charge in [-0.1, -0.05) is 24.3 Å². The van der Waals surface area contributed by atoms with Gasteiger partial charge in [0, 0.05) is 14.0 Å². The molecule has 0 aromatic carbocycles. The van der Waals surface area contributed by atoms with Crippen molar-refractivity contribution in [3.63, 3.8) is 0 Å². The Hall–Kier alpha value is -0.560. The molecule has 0 bridgehead atoms. The minimum Gasteiger partial charge on any atom is -0.374 e. The maximum Gasteiger partial charge on any atom is 0.0931 e. The Kier molecular flexibility index (Phi) is 1.72. The second kappa shape index (κ2) is 2.36. The van der Waals surface area contributed by atoms with E-state index in [1.54, 1.807) is 7.11 Å². The second-order valence-electron chi connectivity index (χ2n) is 2.15. The standard InChI is InChI=1S/C8H10O/c1-8(9-2)6-4-3-5-7-8/h1,3-6H,7H2,2H3. The SMILES string of the molecule is [CH]C1(OC)C=CC=CC1. The summed E-state index contributed by atoms with van der Waals surface area (Å²) in [6.07, 6.45) is 8.47. The Balaban J connectivity index is 2.63. The molecule has 1 heteroatoms. The molecule has 0 aromatic rings. The molecule has 1 atom stereocenters. The Bertz CT molecular complexity index is 147. The van der Waals surface area contributed by atoms with Gasteiger partial charge in [-0.25, -0.2) is 0 Å². The van der Waals surface area contributed by atoms with Gasteiger partial charge in [0.05, 0.1) is 5.60 Å². The zero-order valence-corrected chi connectivity index (χ0v) is 5.50. The number of ether oxygens (including phenoxy) is 1. The first-order valence-electron chi connectivity index (χ1n) is 2.95. The summed E-state index contributed by atoms with van der Waals surface area (Å²) in [6.45, 7) is 5.70. The van der Waals surface area contributed by atoms with Crippen LogP contribution in [0.4, 0.5) is 0 Å². The highest BCUT2D eigenvalue weighted by molar-refractivity contribution is 5.19. The summed E-state index contributed by atoms with van der Waals surface area (Å²) < 4.78 is 5.02. The number of rotatable bonds is 1. The van der Waals surface area contributed by atoms with E-state index >= 15 is 0 Å². The van der Waals surface area contributed by atoms with E-state index in [1.807, 2.05) is 24.3 Å². The predicted molar refractivity (Wildman–Crippen MR) is 36.9 cm³/mol. The van der Waals surface area contributed by atoms with Crippen LogP contribution in [0.2, 0.25) is 0 Å². The van der Waals surface area contributed by atoms with Crippen LogP contribution in [0.15, 0.2) is 24.3 Å². The average molecular weight is 122 g/mol. The number of methoxy groups -OCH3 is 1. The van der Waals surface area contributed by atoms with Gasteiger partial charge in [0.2, 0.25) is 0 Å². The lowest BCUT2D eigenvalue weighted by molar-refractivity contribution is 0.0734. The van der Waals surface area contributed by atoms with E-state index in [-0.39, 0.29) is 0 Å². The summed E-state index contributed by atoms with van der Waals surface area (Å²) in [5, 5.41) is 0. The molecule has 48 valence electrons. The van der Waals surface area contributed by atoms with Crippen molar-refractivity contribution in [3.8, 4) is 0 Å². The van der Waals surface area contributed by atoms with Gasteiger partial charge in [-0.15, -0.1) is 0 Å². The Morgan fingerprint density at radius 2 is 2.33 bits per heavy atom. The number of hydrogen-bond donors (Lipinski definition) is 0. The molecule has 1 nitrogen and oxygen atoms in total. The van der Waals surface area contributed by atoms with Gasteiger partial charge >= 0.3 is 0 Å². The van der Waals surface area contributed by atoms with E-state index in [1.165, 1.54) is 0 Å². The molecule has 0 saturated carbocycles. The molecule has 0 N–H and O–H groups in total. The van der Waals surface area contributed by atoms with Crippen LogP contribution in [0.5, 0.6) is 0 Å². The predicted octanol–water partition coefficient (Wildman–Crippen LogP) is 1.60. The lowest BCUT2D eigenvalue weighted by atomic mass is 9.98. The van der Waals surface area contributed by atoms with Crippen LogP contribution in [0, 0.1) is 6.92 Å². The van der Waals surface area contributed by atoms with E-state index in [0.717, 1.165) is 6.42 Å². The molecule has 0 spiro atoms. The van der Waals surface area contributed by atoms with Crippen LogP contribution < -0.4 is 0 Å². The van der Waals surface area contributed by atoms with Gasteiger partial charge < -0.3 is 4.74 Å². The highest BCUT2D eigenvalue weighted by atomic mass is 16.5. The minimum absolute atomic E-state index is 0.547. The lowest BCUT2D eigenvalue weighted by Crippen LogP contribution is -2.24.